The van der Waals surface area contributed by atoms with Gasteiger partial charge in [-0.15, -0.1) is 0 Å². The van der Waals surface area contributed by atoms with Crippen molar-refractivity contribution in [3.05, 3.63) is 94.0 Å². The molecule has 0 aliphatic rings. The van der Waals surface area contributed by atoms with Crippen molar-refractivity contribution >= 4 is 39.1 Å². The second-order valence-electron chi connectivity index (χ2n) is 9.33. The predicted molar refractivity (Wildman–Crippen MR) is 152 cm³/mol. The number of hydrogen-bond acceptors (Lipinski definition) is 4. The third-order valence-corrected chi connectivity index (χ3v) is 8.32. The zero-order chi connectivity index (χ0) is 28.0. The van der Waals surface area contributed by atoms with Crippen LogP contribution in [0.5, 0.6) is 0 Å². The van der Waals surface area contributed by atoms with Crippen LogP contribution in [0.15, 0.2) is 71.6 Å². The van der Waals surface area contributed by atoms with E-state index in [1.165, 1.54) is 17.0 Å². The van der Waals surface area contributed by atoms with E-state index in [4.69, 9.17) is 11.6 Å². The first-order valence-corrected chi connectivity index (χ1v) is 14.2. The molecule has 0 aromatic heterocycles. The molecule has 1 atom stereocenters. The highest BCUT2D eigenvalue weighted by molar-refractivity contribution is 7.92. The number of carbonyl (C=O) groups excluding carboxylic acids is 2. The second-order valence-corrected chi connectivity index (χ2v) is 11.6. The van der Waals surface area contributed by atoms with E-state index in [-0.39, 0.29) is 17.3 Å². The Kier molecular flexibility index (Phi) is 9.57. The van der Waals surface area contributed by atoms with Gasteiger partial charge in [0.05, 0.1) is 10.6 Å². The van der Waals surface area contributed by atoms with Gasteiger partial charge >= 0.3 is 0 Å². The molecule has 1 unspecified atom stereocenters. The maximum Gasteiger partial charge on any atom is 0.264 e. The van der Waals surface area contributed by atoms with Crippen LogP contribution in [-0.2, 0) is 26.2 Å². The highest BCUT2D eigenvalue weighted by Crippen LogP contribution is 2.28. The van der Waals surface area contributed by atoms with Crippen LogP contribution in [0.1, 0.15) is 36.1 Å². The summed E-state index contributed by atoms with van der Waals surface area (Å²) in [4.78, 5) is 28.1. The minimum Gasteiger partial charge on any atom is -0.355 e. The van der Waals surface area contributed by atoms with E-state index in [0.717, 1.165) is 26.6 Å². The number of benzene rings is 3. The molecule has 0 aliphatic carbocycles. The summed E-state index contributed by atoms with van der Waals surface area (Å²) >= 11 is 6.03. The number of nitrogens with one attached hydrogen (secondary N) is 1. The standard InChI is InChI=1S/C29H34ClN3O4S/c1-6-31-29(35)23(5)32(18-24-10-12-25(30)13-11-24)28(34)19-33(27-16-9-21(3)17-22(27)4)38(36,37)26-14-7-20(2)8-15-26/h7-17,23H,6,18-19H2,1-5H3,(H,31,35). The topological polar surface area (TPSA) is 86.8 Å². The molecule has 2 amide bonds. The van der Waals surface area contributed by atoms with E-state index in [2.05, 4.69) is 5.32 Å². The van der Waals surface area contributed by atoms with Crippen molar-refractivity contribution in [2.24, 2.45) is 0 Å². The Balaban J connectivity index is 2.06. The Morgan fingerprint density at radius 2 is 1.53 bits per heavy atom. The maximum atomic E-state index is 13.9. The molecule has 3 rings (SSSR count). The third kappa shape index (κ3) is 6.94. The average Bonchev–Trinajstić information content (AvgIpc) is 2.87. The summed E-state index contributed by atoms with van der Waals surface area (Å²) < 4.78 is 28.9. The van der Waals surface area contributed by atoms with E-state index in [1.54, 1.807) is 56.3 Å². The van der Waals surface area contributed by atoms with Crippen molar-refractivity contribution in [1.29, 1.82) is 0 Å². The number of likely N-dealkylation sites (N-methyl/N-ethyl adjacent to an activating group) is 1. The molecule has 0 saturated carbocycles. The summed E-state index contributed by atoms with van der Waals surface area (Å²) in [5.41, 5.74) is 3.77. The second kappa shape index (κ2) is 12.5. The minimum atomic E-state index is -4.10. The highest BCUT2D eigenvalue weighted by atomic mass is 35.5. The molecule has 3 aromatic carbocycles. The minimum absolute atomic E-state index is 0.0805. The van der Waals surface area contributed by atoms with Crippen molar-refractivity contribution in [3.8, 4) is 0 Å². The maximum absolute atomic E-state index is 13.9. The molecule has 38 heavy (non-hydrogen) atoms. The molecule has 202 valence electrons. The van der Waals surface area contributed by atoms with Crippen LogP contribution >= 0.6 is 11.6 Å². The molecule has 0 saturated heterocycles. The summed E-state index contributed by atoms with van der Waals surface area (Å²) in [6.45, 7) is 9.08. The molecule has 3 aromatic rings. The van der Waals surface area contributed by atoms with Crippen LogP contribution < -0.4 is 9.62 Å². The van der Waals surface area contributed by atoms with E-state index in [9.17, 15) is 18.0 Å². The summed E-state index contributed by atoms with van der Waals surface area (Å²) in [6.07, 6.45) is 0. The van der Waals surface area contributed by atoms with Gasteiger partial charge in [-0.3, -0.25) is 13.9 Å². The van der Waals surface area contributed by atoms with Crippen LogP contribution in [0, 0.1) is 20.8 Å². The molecule has 0 fully saturated rings. The van der Waals surface area contributed by atoms with Gasteiger partial charge in [0.25, 0.3) is 10.0 Å². The van der Waals surface area contributed by atoms with Crippen LogP contribution in [0.3, 0.4) is 0 Å². The molecule has 0 heterocycles. The lowest BCUT2D eigenvalue weighted by atomic mass is 10.1. The molecule has 7 nitrogen and oxygen atoms in total. The number of nitrogens with zero attached hydrogens (tertiary/aromatic N) is 2. The zero-order valence-electron chi connectivity index (χ0n) is 22.4. The van der Waals surface area contributed by atoms with Gasteiger partial charge in [-0.25, -0.2) is 8.42 Å². The molecular formula is C29H34ClN3O4S. The number of carbonyl (C=O) groups is 2. The Labute approximate surface area is 230 Å². The highest BCUT2D eigenvalue weighted by Gasteiger charge is 2.33. The van der Waals surface area contributed by atoms with E-state index in [1.807, 2.05) is 32.9 Å². The predicted octanol–water partition coefficient (Wildman–Crippen LogP) is 5.01. The van der Waals surface area contributed by atoms with Crippen molar-refractivity contribution < 1.29 is 18.0 Å². The number of hydrogen-bond donors (Lipinski definition) is 1. The van der Waals surface area contributed by atoms with Gasteiger partial charge in [0.1, 0.15) is 12.6 Å². The third-order valence-electron chi connectivity index (χ3n) is 6.29. The van der Waals surface area contributed by atoms with Crippen LogP contribution in [0.25, 0.3) is 0 Å². The van der Waals surface area contributed by atoms with Gasteiger partial charge in [-0.2, -0.15) is 0 Å². The summed E-state index contributed by atoms with van der Waals surface area (Å²) in [5, 5.41) is 3.30. The lowest BCUT2D eigenvalue weighted by molar-refractivity contribution is -0.139. The molecule has 0 aliphatic heterocycles. The molecule has 1 N–H and O–H groups in total. The van der Waals surface area contributed by atoms with Gasteiger partial charge in [0.2, 0.25) is 11.8 Å². The van der Waals surface area contributed by atoms with Crippen molar-refractivity contribution in [2.75, 3.05) is 17.4 Å². The van der Waals surface area contributed by atoms with Crippen LogP contribution in [0.2, 0.25) is 5.02 Å². The number of anilines is 1. The first kappa shape index (κ1) is 29.2. The van der Waals surface area contributed by atoms with Crippen molar-refractivity contribution in [2.45, 2.75) is 52.1 Å². The normalized spacial score (nSPS) is 12.1. The zero-order valence-corrected chi connectivity index (χ0v) is 23.9. The van der Waals surface area contributed by atoms with Gasteiger partial charge < -0.3 is 10.2 Å². The molecular weight excluding hydrogens is 522 g/mol. The van der Waals surface area contributed by atoms with Crippen LogP contribution in [0.4, 0.5) is 5.69 Å². The van der Waals surface area contributed by atoms with Gasteiger partial charge in [0.15, 0.2) is 0 Å². The van der Waals surface area contributed by atoms with Crippen LogP contribution in [-0.4, -0.2) is 44.3 Å². The molecule has 0 radical (unpaired) electrons. The fourth-order valence-corrected chi connectivity index (χ4v) is 5.73. The Hall–Kier alpha value is -3.36. The fraction of sp³-hybridized carbons (Fsp3) is 0.310. The van der Waals surface area contributed by atoms with E-state index < -0.39 is 28.5 Å². The first-order valence-electron chi connectivity index (χ1n) is 12.4. The Bertz CT molecular complexity index is 1390. The molecule has 0 bridgehead atoms. The smallest absolute Gasteiger partial charge is 0.264 e. The lowest BCUT2D eigenvalue weighted by Crippen LogP contribution is -2.51. The number of rotatable bonds is 10. The monoisotopic (exact) mass is 555 g/mol. The number of halogens is 1. The molecule has 9 heteroatoms. The van der Waals surface area contributed by atoms with Gasteiger partial charge in [-0.1, -0.05) is 59.1 Å². The number of sulfonamides is 1. The SMILES string of the molecule is CCNC(=O)C(C)N(Cc1ccc(Cl)cc1)C(=O)CN(c1ccc(C)cc1C)S(=O)(=O)c1ccc(C)cc1. The van der Waals surface area contributed by atoms with Crippen molar-refractivity contribution in [3.63, 3.8) is 0 Å². The van der Waals surface area contributed by atoms with E-state index >= 15 is 0 Å². The summed E-state index contributed by atoms with van der Waals surface area (Å²) in [7, 11) is -4.10. The lowest BCUT2D eigenvalue weighted by Gasteiger charge is -2.32. The quantitative estimate of drug-likeness (QED) is 0.381. The summed E-state index contributed by atoms with van der Waals surface area (Å²) in [5.74, 6) is -0.830. The van der Waals surface area contributed by atoms with Gasteiger partial charge in [-0.05, 0) is 76.1 Å². The Morgan fingerprint density at radius 3 is 2.11 bits per heavy atom. The first-order chi connectivity index (χ1) is 17.9. The average molecular weight is 556 g/mol. The van der Waals surface area contributed by atoms with Crippen molar-refractivity contribution in [1.82, 2.24) is 10.2 Å². The Morgan fingerprint density at radius 1 is 0.921 bits per heavy atom. The fourth-order valence-electron chi connectivity index (χ4n) is 4.13. The van der Waals surface area contributed by atoms with E-state index in [0.29, 0.717) is 17.3 Å². The van der Waals surface area contributed by atoms with Gasteiger partial charge in [0, 0.05) is 18.1 Å². The number of amides is 2. The molecule has 0 spiro atoms. The largest absolute Gasteiger partial charge is 0.355 e. The number of aryl methyl sites for hydroxylation is 3. The summed E-state index contributed by atoms with van der Waals surface area (Å²) in [6, 6.07) is 18.0.